The van der Waals surface area contributed by atoms with E-state index in [0.717, 1.165) is 28.7 Å². The van der Waals surface area contributed by atoms with Crippen molar-refractivity contribution >= 4 is 44.6 Å². The summed E-state index contributed by atoms with van der Waals surface area (Å²) in [6, 6.07) is 17.2. The summed E-state index contributed by atoms with van der Waals surface area (Å²) < 4.78 is 41.9. The lowest BCUT2D eigenvalue weighted by molar-refractivity contribution is -0.137. The molecule has 2 aromatic heterocycles. The Morgan fingerprint density at radius 2 is 1.78 bits per heavy atom. The normalized spacial score (nSPS) is 11.7. The molecule has 2 heterocycles. The molecular weight excluding hydrogens is 471 g/mol. The maximum absolute atomic E-state index is 13.3. The predicted molar refractivity (Wildman–Crippen MR) is 132 cm³/mol. The highest BCUT2D eigenvalue weighted by Gasteiger charge is 2.30. The summed E-state index contributed by atoms with van der Waals surface area (Å²) in [7, 11) is 1.85. The Morgan fingerprint density at radius 1 is 0.972 bits per heavy atom. The summed E-state index contributed by atoms with van der Waals surface area (Å²) >= 11 is 0. The van der Waals surface area contributed by atoms with Crippen molar-refractivity contribution in [3.8, 4) is 0 Å². The van der Waals surface area contributed by atoms with E-state index >= 15 is 0 Å². The number of hydrogen-bond acceptors (Lipinski definition) is 4. The number of alkyl halides is 3. The monoisotopic (exact) mass is 491 g/mol. The third kappa shape index (κ3) is 4.52. The van der Waals surface area contributed by atoms with Gasteiger partial charge in [0, 0.05) is 30.0 Å². The maximum Gasteiger partial charge on any atom is 0.416 e. The molecule has 0 saturated heterocycles. The Bertz CT molecular complexity index is 1670. The SMILES string of the molecule is Cn1ncc2cc(Nc3cccc4ccn(CC(=O)Nc5cccc(C(F)(F)F)c5)c(=O)c34)ccc21. The molecule has 182 valence electrons. The minimum atomic E-state index is -4.53. The molecular formula is C26H20F3N5O2. The molecule has 0 spiro atoms. The summed E-state index contributed by atoms with van der Waals surface area (Å²) in [6.07, 6.45) is -1.29. The molecule has 2 N–H and O–H groups in total. The minimum Gasteiger partial charge on any atom is -0.355 e. The van der Waals surface area contributed by atoms with Crippen LogP contribution in [0.2, 0.25) is 0 Å². The topological polar surface area (TPSA) is 81.0 Å². The summed E-state index contributed by atoms with van der Waals surface area (Å²) in [4.78, 5) is 25.9. The second-order valence-corrected chi connectivity index (χ2v) is 8.31. The number of benzene rings is 3. The van der Waals surface area contributed by atoms with E-state index < -0.39 is 23.2 Å². The Kier molecular flexibility index (Phi) is 5.71. The van der Waals surface area contributed by atoms with Crippen LogP contribution in [-0.2, 0) is 24.6 Å². The number of halogens is 3. The first kappa shape index (κ1) is 23.2. The fourth-order valence-corrected chi connectivity index (χ4v) is 4.08. The molecule has 0 aliphatic heterocycles. The van der Waals surface area contributed by atoms with E-state index in [9.17, 15) is 22.8 Å². The molecule has 5 aromatic rings. The molecule has 3 aromatic carbocycles. The van der Waals surface area contributed by atoms with Crippen LogP contribution in [0.15, 0.2) is 83.9 Å². The highest BCUT2D eigenvalue weighted by molar-refractivity contribution is 5.96. The van der Waals surface area contributed by atoms with Crippen LogP contribution in [-0.4, -0.2) is 20.3 Å². The number of anilines is 3. The van der Waals surface area contributed by atoms with E-state index in [-0.39, 0.29) is 12.2 Å². The van der Waals surface area contributed by atoms with Crippen LogP contribution < -0.4 is 16.2 Å². The molecule has 0 aliphatic rings. The number of nitrogens with zero attached hydrogens (tertiary/aromatic N) is 3. The summed E-state index contributed by atoms with van der Waals surface area (Å²) in [5, 5.41) is 11.9. The molecule has 7 nitrogen and oxygen atoms in total. The molecule has 0 fully saturated rings. The average molecular weight is 491 g/mol. The van der Waals surface area contributed by atoms with Crippen LogP contribution >= 0.6 is 0 Å². The fourth-order valence-electron chi connectivity index (χ4n) is 4.08. The standard InChI is InChI=1S/C26H20F3N5O2/c1-33-22-9-8-20(12-17(22)14-30-33)31-21-7-2-4-16-10-11-34(25(36)24(16)21)15-23(35)32-19-6-3-5-18(13-19)26(27,28)29/h2-14,31H,15H2,1H3,(H,32,35). The summed E-state index contributed by atoms with van der Waals surface area (Å²) in [5.74, 6) is -0.622. The lowest BCUT2D eigenvalue weighted by Crippen LogP contribution is -2.27. The number of aryl methyl sites for hydroxylation is 1. The highest BCUT2D eigenvalue weighted by Crippen LogP contribution is 2.31. The second kappa shape index (κ2) is 8.88. The van der Waals surface area contributed by atoms with Gasteiger partial charge in [-0.1, -0.05) is 18.2 Å². The molecule has 36 heavy (non-hydrogen) atoms. The number of fused-ring (bicyclic) bond motifs is 2. The molecule has 10 heteroatoms. The Balaban J connectivity index is 1.42. The maximum atomic E-state index is 13.3. The van der Waals surface area contributed by atoms with Crippen molar-refractivity contribution in [3.05, 3.63) is 95.0 Å². The van der Waals surface area contributed by atoms with Crippen molar-refractivity contribution in [2.75, 3.05) is 10.6 Å². The van der Waals surface area contributed by atoms with Gasteiger partial charge in [0.1, 0.15) is 6.54 Å². The zero-order valence-electron chi connectivity index (χ0n) is 19.0. The van der Waals surface area contributed by atoms with Gasteiger partial charge in [-0.3, -0.25) is 14.3 Å². The van der Waals surface area contributed by atoms with Gasteiger partial charge in [-0.05, 0) is 53.9 Å². The van der Waals surface area contributed by atoms with Crippen LogP contribution in [0.25, 0.3) is 21.7 Å². The minimum absolute atomic E-state index is 0.00295. The van der Waals surface area contributed by atoms with Crippen LogP contribution in [0.1, 0.15) is 5.56 Å². The smallest absolute Gasteiger partial charge is 0.355 e. The lowest BCUT2D eigenvalue weighted by atomic mass is 10.1. The first-order chi connectivity index (χ1) is 17.2. The Morgan fingerprint density at radius 3 is 2.58 bits per heavy atom. The number of carbonyl (C=O) groups excluding carboxylic acids is 1. The van der Waals surface area contributed by atoms with Gasteiger partial charge in [-0.15, -0.1) is 0 Å². The van der Waals surface area contributed by atoms with Crippen LogP contribution in [0.5, 0.6) is 0 Å². The van der Waals surface area contributed by atoms with Gasteiger partial charge >= 0.3 is 6.18 Å². The van der Waals surface area contributed by atoms with Gasteiger partial charge in [0.25, 0.3) is 5.56 Å². The number of nitrogens with one attached hydrogen (secondary N) is 2. The number of hydrogen-bond donors (Lipinski definition) is 2. The zero-order chi connectivity index (χ0) is 25.4. The predicted octanol–water partition coefficient (Wildman–Crippen LogP) is 5.29. The highest BCUT2D eigenvalue weighted by atomic mass is 19.4. The van der Waals surface area contributed by atoms with E-state index in [0.29, 0.717) is 16.5 Å². The molecule has 0 radical (unpaired) electrons. The van der Waals surface area contributed by atoms with Crippen molar-refractivity contribution in [1.82, 2.24) is 14.3 Å². The molecule has 0 atom stereocenters. The van der Waals surface area contributed by atoms with Crippen LogP contribution in [0.4, 0.5) is 30.2 Å². The molecule has 0 bridgehead atoms. The van der Waals surface area contributed by atoms with E-state index in [1.54, 1.807) is 29.1 Å². The third-order valence-electron chi connectivity index (χ3n) is 5.82. The van der Waals surface area contributed by atoms with E-state index in [2.05, 4.69) is 15.7 Å². The van der Waals surface area contributed by atoms with Gasteiger partial charge in [-0.2, -0.15) is 18.3 Å². The molecule has 1 amide bonds. The first-order valence-electron chi connectivity index (χ1n) is 11.0. The van der Waals surface area contributed by atoms with Gasteiger partial charge < -0.3 is 15.2 Å². The van der Waals surface area contributed by atoms with Crippen molar-refractivity contribution in [3.63, 3.8) is 0 Å². The van der Waals surface area contributed by atoms with Crippen molar-refractivity contribution in [1.29, 1.82) is 0 Å². The number of pyridine rings is 1. The summed E-state index contributed by atoms with van der Waals surface area (Å²) in [5.41, 5.74) is 1.01. The third-order valence-corrected chi connectivity index (χ3v) is 5.82. The lowest BCUT2D eigenvalue weighted by Gasteiger charge is -2.13. The van der Waals surface area contributed by atoms with Gasteiger partial charge in [-0.25, -0.2) is 0 Å². The van der Waals surface area contributed by atoms with Crippen molar-refractivity contribution < 1.29 is 18.0 Å². The number of amides is 1. The quantitative estimate of drug-likeness (QED) is 0.350. The van der Waals surface area contributed by atoms with E-state index in [1.807, 2.05) is 31.3 Å². The van der Waals surface area contributed by atoms with Crippen molar-refractivity contribution in [2.24, 2.45) is 7.05 Å². The number of rotatable bonds is 5. The Labute approximate surface area is 202 Å². The van der Waals surface area contributed by atoms with Gasteiger partial charge in [0.05, 0.1) is 28.4 Å². The molecule has 0 unspecified atom stereocenters. The summed E-state index contributed by atoms with van der Waals surface area (Å²) in [6.45, 7) is -0.360. The zero-order valence-corrected chi connectivity index (χ0v) is 19.0. The molecule has 5 rings (SSSR count). The number of carbonyl (C=O) groups is 1. The van der Waals surface area contributed by atoms with E-state index in [1.165, 1.54) is 22.9 Å². The second-order valence-electron chi connectivity index (χ2n) is 8.31. The Hall–Kier alpha value is -4.60. The molecule has 0 saturated carbocycles. The average Bonchev–Trinajstić information content (AvgIpc) is 3.20. The van der Waals surface area contributed by atoms with Gasteiger partial charge in [0.2, 0.25) is 5.91 Å². The first-order valence-corrected chi connectivity index (χ1v) is 11.0. The van der Waals surface area contributed by atoms with Crippen LogP contribution in [0, 0.1) is 0 Å². The van der Waals surface area contributed by atoms with Gasteiger partial charge in [0.15, 0.2) is 0 Å². The number of aromatic nitrogens is 3. The van der Waals surface area contributed by atoms with Crippen molar-refractivity contribution in [2.45, 2.75) is 12.7 Å². The fraction of sp³-hybridized carbons (Fsp3) is 0.115. The van der Waals surface area contributed by atoms with E-state index in [4.69, 9.17) is 0 Å². The van der Waals surface area contributed by atoms with Crippen LogP contribution in [0.3, 0.4) is 0 Å². The molecule has 0 aliphatic carbocycles. The largest absolute Gasteiger partial charge is 0.416 e.